The van der Waals surface area contributed by atoms with Crippen molar-refractivity contribution in [2.75, 3.05) is 19.4 Å². The van der Waals surface area contributed by atoms with E-state index in [-0.39, 0.29) is 12.0 Å². The molecule has 1 aromatic heterocycles. The summed E-state index contributed by atoms with van der Waals surface area (Å²) < 4.78 is 13.1. The van der Waals surface area contributed by atoms with Crippen LogP contribution in [0.1, 0.15) is 30.0 Å². The zero-order valence-corrected chi connectivity index (χ0v) is 18.8. The molecule has 0 saturated heterocycles. The van der Waals surface area contributed by atoms with Crippen LogP contribution in [0.15, 0.2) is 53.7 Å². The van der Waals surface area contributed by atoms with Gasteiger partial charge in [0.1, 0.15) is 11.5 Å². The molecular formula is C23H26N4O3S. The first-order chi connectivity index (χ1) is 15.0. The van der Waals surface area contributed by atoms with Gasteiger partial charge in [0.25, 0.3) is 0 Å². The van der Waals surface area contributed by atoms with E-state index in [2.05, 4.69) is 28.4 Å². The normalized spacial score (nSPS) is 14.1. The summed E-state index contributed by atoms with van der Waals surface area (Å²) in [5.41, 5.74) is 2.57. The Morgan fingerprint density at radius 2 is 1.90 bits per heavy atom. The van der Waals surface area contributed by atoms with Crippen molar-refractivity contribution in [1.29, 1.82) is 0 Å². The number of ether oxygens (including phenoxy) is 2. The van der Waals surface area contributed by atoms with Gasteiger partial charge >= 0.3 is 0 Å². The fourth-order valence-electron chi connectivity index (χ4n) is 3.66. The van der Waals surface area contributed by atoms with Crippen LogP contribution < -0.4 is 9.47 Å². The van der Waals surface area contributed by atoms with Crippen LogP contribution in [0.5, 0.6) is 11.5 Å². The average Bonchev–Trinajstić information content (AvgIpc) is 3.17. The van der Waals surface area contributed by atoms with Gasteiger partial charge in [-0.05, 0) is 36.6 Å². The van der Waals surface area contributed by atoms with E-state index in [4.69, 9.17) is 9.47 Å². The summed E-state index contributed by atoms with van der Waals surface area (Å²) >= 11 is 1.40. The summed E-state index contributed by atoms with van der Waals surface area (Å²) in [6.45, 7) is 3.35. The molecule has 0 saturated carbocycles. The summed E-state index contributed by atoms with van der Waals surface area (Å²) in [4.78, 5) is 14.7. The van der Waals surface area contributed by atoms with Crippen LogP contribution in [0, 0.1) is 0 Å². The Kier molecular flexibility index (Phi) is 6.46. The Labute approximate surface area is 186 Å². The highest BCUT2D eigenvalue weighted by molar-refractivity contribution is 7.99. The van der Waals surface area contributed by atoms with Gasteiger partial charge in [0, 0.05) is 26.2 Å². The first-order valence-corrected chi connectivity index (χ1v) is 11.2. The second kappa shape index (κ2) is 9.43. The van der Waals surface area contributed by atoms with Gasteiger partial charge in [-0.3, -0.25) is 4.79 Å². The highest BCUT2D eigenvalue weighted by Crippen LogP contribution is 2.26. The van der Waals surface area contributed by atoms with Crippen molar-refractivity contribution in [1.82, 2.24) is 19.7 Å². The first kappa shape index (κ1) is 21.2. The smallest absolute Gasteiger partial charge is 0.233 e. The average molecular weight is 439 g/mol. The van der Waals surface area contributed by atoms with Crippen LogP contribution in [0.4, 0.5) is 0 Å². The van der Waals surface area contributed by atoms with E-state index in [1.165, 1.54) is 22.9 Å². The van der Waals surface area contributed by atoms with Crippen LogP contribution in [0.3, 0.4) is 0 Å². The van der Waals surface area contributed by atoms with Crippen LogP contribution in [0.2, 0.25) is 0 Å². The van der Waals surface area contributed by atoms with E-state index in [0.717, 1.165) is 18.7 Å². The number of benzene rings is 2. The number of carbonyl (C=O) groups excluding carboxylic acids is 1. The topological polar surface area (TPSA) is 69.5 Å². The summed E-state index contributed by atoms with van der Waals surface area (Å²) in [5.74, 6) is 2.58. The lowest BCUT2D eigenvalue weighted by molar-refractivity contribution is -0.129. The molecule has 4 rings (SSSR count). The number of methoxy groups -OCH3 is 1. The highest BCUT2D eigenvalue weighted by atomic mass is 32.2. The quantitative estimate of drug-likeness (QED) is 0.525. The highest BCUT2D eigenvalue weighted by Gasteiger charge is 2.22. The molecule has 0 bridgehead atoms. The van der Waals surface area contributed by atoms with Crippen molar-refractivity contribution in [2.45, 2.75) is 31.1 Å². The maximum absolute atomic E-state index is 12.7. The van der Waals surface area contributed by atoms with Gasteiger partial charge in [-0.1, -0.05) is 42.1 Å². The van der Waals surface area contributed by atoms with Gasteiger partial charge < -0.3 is 18.9 Å². The molecule has 3 aromatic rings. The number of nitrogens with zero attached hydrogens (tertiary/aromatic N) is 4. The molecule has 1 aliphatic heterocycles. The summed E-state index contributed by atoms with van der Waals surface area (Å²) in [7, 11) is 3.52. The van der Waals surface area contributed by atoms with Crippen molar-refractivity contribution >= 4 is 17.7 Å². The van der Waals surface area contributed by atoms with Crippen molar-refractivity contribution < 1.29 is 14.3 Å². The largest absolute Gasteiger partial charge is 0.497 e. The Morgan fingerprint density at radius 3 is 2.71 bits per heavy atom. The molecule has 31 heavy (non-hydrogen) atoms. The van der Waals surface area contributed by atoms with E-state index < -0.39 is 0 Å². The molecule has 0 N–H and O–H groups in total. The predicted molar refractivity (Wildman–Crippen MR) is 119 cm³/mol. The van der Waals surface area contributed by atoms with E-state index in [1.54, 1.807) is 7.11 Å². The third kappa shape index (κ3) is 4.85. The van der Waals surface area contributed by atoms with Gasteiger partial charge in [0.15, 0.2) is 17.1 Å². The minimum atomic E-state index is -0.298. The standard InChI is InChI=1S/C23H26N4O3S/c1-16(30-20-10-6-9-19(13-20)29-3)22-24-25-23(26(22)2)31-15-21(28)27-12-11-17-7-4-5-8-18(17)14-27/h4-10,13,16H,11-12,14-15H2,1-3H3. The molecule has 0 aliphatic carbocycles. The number of hydrogen-bond acceptors (Lipinski definition) is 6. The zero-order valence-electron chi connectivity index (χ0n) is 17.9. The second-order valence-electron chi connectivity index (χ2n) is 7.46. The molecule has 2 aromatic carbocycles. The van der Waals surface area contributed by atoms with Gasteiger partial charge in [-0.25, -0.2) is 0 Å². The monoisotopic (exact) mass is 438 g/mol. The second-order valence-corrected chi connectivity index (χ2v) is 8.40. The van der Waals surface area contributed by atoms with Crippen molar-refractivity contribution in [3.8, 4) is 11.5 Å². The van der Waals surface area contributed by atoms with E-state index >= 15 is 0 Å². The Hall–Kier alpha value is -3.00. The minimum Gasteiger partial charge on any atom is -0.497 e. The van der Waals surface area contributed by atoms with Crippen LogP contribution in [0.25, 0.3) is 0 Å². The van der Waals surface area contributed by atoms with Gasteiger partial charge in [-0.15, -0.1) is 10.2 Å². The lowest BCUT2D eigenvalue weighted by Crippen LogP contribution is -2.37. The van der Waals surface area contributed by atoms with Crippen molar-refractivity contribution in [2.24, 2.45) is 7.05 Å². The van der Waals surface area contributed by atoms with E-state index in [9.17, 15) is 4.79 Å². The number of aromatic nitrogens is 3. The summed E-state index contributed by atoms with van der Waals surface area (Å²) in [6, 6.07) is 15.8. The Balaban J connectivity index is 1.35. The fourth-order valence-corrected chi connectivity index (χ4v) is 4.48. The van der Waals surface area contributed by atoms with E-state index in [1.807, 2.05) is 53.8 Å². The van der Waals surface area contributed by atoms with E-state index in [0.29, 0.717) is 29.0 Å². The zero-order chi connectivity index (χ0) is 21.8. The van der Waals surface area contributed by atoms with Crippen LogP contribution in [-0.2, 0) is 24.8 Å². The lowest BCUT2D eigenvalue weighted by Gasteiger charge is -2.28. The van der Waals surface area contributed by atoms with Crippen LogP contribution in [-0.4, -0.2) is 45.0 Å². The van der Waals surface area contributed by atoms with Gasteiger partial charge in [0.2, 0.25) is 5.91 Å². The number of thioether (sulfide) groups is 1. The molecule has 0 radical (unpaired) electrons. The van der Waals surface area contributed by atoms with Crippen LogP contribution >= 0.6 is 11.8 Å². The predicted octanol–water partition coefficient (Wildman–Crippen LogP) is 3.64. The molecule has 7 nitrogen and oxygen atoms in total. The molecular weight excluding hydrogens is 412 g/mol. The third-order valence-corrected chi connectivity index (χ3v) is 6.40. The molecule has 1 unspecified atom stereocenters. The summed E-state index contributed by atoms with van der Waals surface area (Å²) in [5, 5.41) is 9.25. The Morgan fingerprint density at radius 1 is 1.13 bits per heavy atom. The molecule has 1 amide bonds. The molecule has 162 valence electrons. The Bertz CT molecular complexity index is 1070. The molecule has 2 heterocycles. The fraction of sp³-hybridized carbons (Fsp3) is 0.348. The number of carbonyl (C=O) groups is 1. The molecule has 8 heteroatoms. The maximum Gasteiger partial charge on any atom is 0.233 e. The minimum absolute atomic E-state index is 0.115. The lowest BCUT2D eigenvalue weighted by atomic mass is 10.00. The summed E-state index contributed by atoms with van der Waals surface area (Å²) in [6.07, 6.45) is 0.605. The number of fused-ring (bicyclic) bond motifs is 1. The number of rotatable bonds is 7. The molecule has 0 spiro atoms. The van der Waals surface area contributed by atoms with Crippen molar-refractivity contribution in [3.63, 3.8) is 0 Å². The maximum atomic E-state index is 12.7. The molecule has 1 aliphatic rings. The molecule has 1 atom stereocenters. The van der Waals surface area contributed by atoms with Gasteiger partial charge in [0.05, 0.1) is 12.9 Å². The third-order valence-electron chi connectivity index (χ3n) is 5.39. The number of hydrogen-bond donors (Lipinski definition) is 0. The van der Waals surface area contributed by atoms with Crippen molar-refractivity contribution in [3.05, 3.63) is 65.5 Å². The molecule has 0 fully saturated rings. The van der Waals surface area contributed by atoms with Gasteiger partial charge in [-0.2, -0.15) is 0 Å². The first-order valence-electron chi connectivity index (χ1n) is 10.2. The number of amides is 1. The SMILES string of the molecule is COc1cccc(OC(C)c2nnc(SCC(=O)N3CCc4ccccc4C3)n2C)c1.